The van der Waals surface area contributed by atoms with Gasteiger partial charge in [-0.25, -0.2) is 0 Å². The van der Waals surface area contributed by atoms with Gasteiger partial charge in [0, 0.05) is 31.3 Å². The number of nitro groups is 1. The summed E-state index contributed by atoms with van der Waals surface area (Å²) in [7, 11) is 0. The number of anilines is 1. The molecule has 1 aromatic carbocycles. The van der Waals surface area contributed by atoms with Crippen LogP contribution >= 0.6 is 0 Å². The lowest BCUT2D eigenvalue weighted by Gasteiger charge is -2.48. The van der Waals surface area contributed by atoms with Crippen LogP contribution < -0.4 is 5.32 Å². The van der Waals surface area contributed by atoms with Gasteiger partial charge in [-0.2, -0.15) is 4.39 Å². The minimum Gasteiger partial charge on any atom is -0.378 e. The van der Waals surface area contributed by atoms with E-state index in [1.54, 1.807) is 13.0 Å². The van der Waals surface area contributed by atoms with E-state index in [-0.39, 0.29) is 11.6 Å². The Kier molecular flexibility index (Phi) is 7.11. The van der Waals surface area contributed by atoms with E-state index in [2.05, 4.69) is 24.1 Å². The van der Waals surface area contributed by atoms with Crippen molar-refractivity contribution in [1.82, 2.24) is 4.90 Å². The summed E-state index contributed by atoms with van der Waals surface area (Å²) in [6, 6.07) is 3.01. The summed E-state index contributed by atoms with van der Waals surface area (Å²) in [6.07, 6.45) is 7.79. The molecule has 1 heterocycles. The maximum Gasteiger partial charge on any atom is 0.327 e. The van der Waals surface area contributed by atoms with Gasteiger partial charge >= 0.3 is 5.69 Å². The van der Waals surface area contributed by atoms with Crippen molar-refractivity contribution in [3.63, 3.8) is 0 Å². The lowest BCUT2D eigenvalue weighted by molar-refractivity contribution is -0.386. The Morgan fingerprint density at radius 3 is 2.52 bits per heavy atom. The van der Waals surface area contributed by atoms with E-state index in [1.165, 1.54) is 6.07 Å². The molecule has 0 atom stereocenters. The predicted octanol–water partition coefficient (Wildman–Crippen LogP) is 5.05. The lowest BCUT2D eigenvalue weighted by atomic mass is 9.79. The zero-order valence-electron chi connectivity index (χ0n) is 17.9. The Balaban J connectivity index is 1.56. The Hall–Kier alpha value is -1.73. The highest BCUT2D eigenvalue weighted by atomic mass is 19.1. The number of nitro benzene ring substituents is 1. The van der Waals surface area contributed by atoms with Crippen LogP contribution in [-0.2, 0) is 4.74 Å². The molecule has 7 heteroatoms. The molecule has 0 amide bonds. The van der Waals surface area contributed by atoms with Gasteiger partial charge in [0.2, 0.25) is 5.82 Å². The first-order chi connectivity index (χ1) is 13.8. The molecule has 2 aliphatic rings. The molecule has 0 radical (unpaired) electrons. The number of aryl methyl sites for hydroxylation is 1. The van der Waals surface area contributed by atoms with Crippen molar-refractivity contribution >= 4 is 11.4 Å². The minimum atomic E-state index is -0.774. The first-order valence-corrected chi connectivity index (χ1v) is 10.9. The number of hydrogen-bond donors (Lipinski definition) is 1. The van der Waals surface area contributed by atoms with Crippen molar-refractivity contribution in [1.29, 1.82) is 0 Å². The zero-order chi connectivity index (χ0) is 21.0. The van der Waals surface area contributed by atoms with Crippen molar-refractivity contribution in [2.24, 2.45) is 0 Å². The van der Waals surface area contributed by atoms with Crippen LogP contribution in [-0.4, -0.2) is 47.2 Å². The quantitative estimate of drug-likeness (QED) is 0.506. The number of hydrogen-bond acceptors (Lipinski definition) is 5. The lowest BCUT2D eigenvalue weighted by Crippen LogP contribution is -2.53. The number of benzene rings is 1. The smallest absolute Gasteiger partial charge is 0.327 e. The molecule has 1 aromatic rings. The molecule has 3 rings (SSSR count). The average Bonchev–Trinajstić information content (AvgIpc) is 2.67. The van der Waals surface area contributed by atoms with Crippen molar-refractivity contribution in [3.8, 4) is 0 Å². The average molecular weight is 408 g/mol. The largest absolute Gasteiger partial charge is 0.378 e. The summed E-state index contributed by atoms with van der Waals surface area (Å²) in [4.78, 5) is 13.2. The normalized spacial score (nSPS) is 26.4. The van der Waals surface area contributed by atoms with Crippen LogP contribution in [0.25, 0.3) is 0 Å². The van der Waals surface area contributed by atoms with E-state index in [0.29, 0.717) is 17.4 Å². The van der Waals surface area contributed by atoms with Crippen LogP contribution in [0.4, 0.5) is 15.8 Å². The number of piperidine rings is 1. The van der Waals surface area contributed by atoms with Gasteiger partial charge in [0.05, 0.1) is 11.0 Å². The van der Waals surface area contributed by atoms with Gasteiger partial charge in [-0.05, 0) is 76.5 Å². The standard InChI is InChI=1S/C22H34FN3O3/c1-4-13-29-18-5-9-22(3,10-6-18)25-11-7-17(8-12-25)24-20-15-16(2)14-19(23)21(20)26(27)28/h14-15,17-18,24H,4-13H2,1-3H3/t18-,22-. The Bertz CT molecular complexity index is 711. The molecule has 29 heavy (non-hydrogen) atoms. The topological polar surface area (TPSA) is 67.6 Å². The Labute approximate surface area is 173 Å². The van der Waals surface area contributed by atoms with Crippen molar-refractivity contribution in [2.75, 3.05) is 25.0 Å². The molecule has 0 spiro atoms. The fourth-order valence-electron chi connectivity index (χ4n) is 4.79. The highest BCUT2D eigenvalue weighted by molar-refractivity contribution is 5.64. The molecule has 0 bridgehead atoms. The van der Waals surface area contributed by atoms with Gasteiger partial charge in [-0.1, -0.05) is 6.92 Å². The number of nitrogens with zero attached hydrogens (tertiary/aromatic N) is 2. The molecule has 1 N–H and O–H groups in total. The van der Waals surface area contributed by atoms with Gasteiger partial charge in [0.1, 0.15) is 5.69 Å². The van der Waals surface area contributed by atoms with Crippen molar-refractivity contribution in [2.45, 2.75) is 83.4 Å². The second-order valence-electron chi connectivity index (χ2n) is 8.87. The highest BCUT2D eigenvalue weighted by Crippen LogP contribution is 2.37. The van der Waals surface area contributed by atoms with Crippen molar-refractivity contribution < 1.29 is 14.1 Å². The predicted molar refractivity (Wildman–Crippen MR) is 113 cm³/mol. The first-order valence-electron chi connectivity index (χ1n) is 10.9. The minimum absolute atomic E-state index is 0.124. The molecule has 0 unspecified atom stereocenters. The molecule has 1 aliphatic carbocycles. The van der Waals surface area contributed by atoms with E-state index in [1.807, 2.05) is 0 Å². The van der Waals surface area contributed by atoms with Crippen LogP contribution in [0, 0.1) is 22.9 Å². The fraction of sp³-hybridized carbons (Fsp3) is 0.727. The molecular formula is C22H34FN3O3. The zero-order valence-corrected chi connectivity index (χ0v) is 17.9. The highest BCUT2D eigenvalue weighted by Gasteiger charge is 2.38. The number of rotatable bonds is 7. The van der Waals surface area contributed by atoms with E-state index in [4.69, 9.17) is 4.74 Å². The fourth-order valence-corrected chi connectivity index (χ4v) is 4.79. The summed E-state index contributed by atoms with van der Waals surface area (Å²) >= 11 is 0. The molecule has 0 aromatic heterocycles. The van der Waals surface area contributed by atoms with Gasteiger partial charge < -0.3 is 10.1 Å². The van der Waals surface area contributed by atoms with E-state index in [9.17, 15) is 14.5 Å². The third-order valence-electron chi connectivity index (χ3n) is 6.58. The first kappa shape index (κ1) is 22.0. The van der Waals surface area contributed by atoms with E-state index < -0.39 is 16.4 Å². The summed E-state index contributed by atoms with van der Waals surface area (Å²) in [5.41, 5.74) is 0.738. The van der Waals surface area contributed by atoms with Gasteiger partial charge in [0.15, 0.2) is 0 Å². The summed E-state index contributed by atoms with van der Waals surface area (Å²) in [5, 5.41) is 14.5. The molecule has 1 saturated heterocycles. The maximum atomic E-state index is 14.1. The van der Waals surface area contributed by atoms with E-state index in [0.717, 1.165) is 64.6 Å². The molecular weight excluding hydrogens is 373 g/mol. The summed E-state index contributed by atoms with van der Waals surface area (Å²) < 4.78 is 20.0. The third-order valence-corrected chi connectivity index (χ3v) is 6.58. The molecule has 6 nitrogen and oxygen atoms in total. The number of ether oxygens (including phenoxy) is 1. The van der Waals surface area contributed by atoms with Crippen LogP contribution in [0.2, 0.25) is 0 Å². The van der Waals surface area contributed by atoms with Crippen LogP contribution in [0.3, 0.4) is 0 Å². The van der Waals surface area contributed by atoms with Gasteiger partial charge in [0.25, 0.3) is 0 Å². The second-order valence-corrected chi connectivity index (χ2v) is 8.87. The molecule has 2 fully saturated rings. The second kappa shape index (κ2) is 9.39. The van der Waals surface area contributed by atoms with Crippen LogP contribution in [0.5, 0.6) is 0 Å². The molecule has 1 aliphatic heterocycles. The molecule has 162 valence electrons. The van der Waals surface area contributed by atoms with Gasteiger partial charge in [-0.15, -0.1) is 0 Å². The number of halogens is 1. The van der Waals surface area contributed by atoms with Gasteiger partial charge in [-0.3, -0.25) is 15.0 Å². The monoisotopic (exact) mass is 407 g/mol. The molecule has 1 saturated carbocycles. The van der Waals surface area contributed by atoms with Crippen LogP contribution in [0.1, 0.15) is 64.4 Å². The number of likely N-dealkylation sites (tertiary alicyclic amines) is 1. The van der Waals surface area contributed by atoms with Crippen LogP contribution in [0.15, 0.2) is 12.1 Å². The maximum absolute atomic E-state index is 14.1. The summed E-state index contributed by atoms with van der Waals surface area (Å²) in [5.74, 6) is -0.774. The SMILES string of the molecule is CCCO[C@H]1CC[C@](C)(N2CCC(Nc3cc(C)cc(F)c3[N+](=O)[O-])CC2)CC1. The van der Waals surface area contributed by atoms with Crippen molar-refractivity contribution in [3.05, 3.63) is 33.6 Å². The Morgan fingerprint density at radius 1 is 1.28 bits per heavy atom. The third kappa shape index (κ3) is 5.25. The number of nitrogens with one attached hydrogen (secondary N) is 1. The summed E-state index contributed by atoms with van der Waals surface area (Å²) in [6.45, 7) is 9.02. The Morgan fingerprint density at radius 2 is 1.93 bits per heavy atom. The van der Waals surface area contributed by atoms with E-state index >= 15 is 0 Å².